The Kier molecular flexibility index (Phi) is 3.23. The van der Waals surface area contributed by atoms with Crippen LogP contribution in [0.15, 0.2) is 18.7 Å². The standard InChI is InChI=1S/C11H14N6O2/c12-9-14-10(17-3-2-13-7-17)16-11(15-9)19-6-8-1-4-18-5-8/h2-3,7-8H,1,4-6H2,(H2,12,14,15,16). The van der Waals surface area contributed by atoms with E-state index in [1.165, 1.54) is 0 Å². The summed E-state index contributed by atoms with van der Waals surface area (Å²) in [6.07, 6.45) is 5.94. The molecule has 0 aromatic carbocycles. The number of hydrogen-bond acceptors (Lipinski definition) is 7. The van der Waals surface area contributed by atoms with Gasteiger partial charge >= 0.3 is 6.01 Å². The molecule has 100 valence electrons. The van der Waals surface area contributed by atoms with Gasteiger partial charge in [0.2, 0.25) is 11.9 Å². The minimum Gasteiger partial charge on any atom is -0.463 e. The van der Waals surface area contributed by atoms with Crippen LogP contribution in [0.2, 0.25) is 0 Å². The maximum atomic E-state index is 5.65. The van der Waals surface area contributed by atoms with Crippen molar-refractivity contribution < 1.29 is 9.47 Å². The molecule has 0 aliphatic carbocycles. The minimum atomic E-state index is 0.122. The number of aromatic nitrogens is 5. The van der Waals surface area contributed by atoms with Crippen molar-refractivity contribution >= 4 is 5.95 Å². The van der Waals surface area contributed by atoms with E-state index in [2.05, 4.69) is 19.9 Å². The highest BCUT2D eigenvalue weighted by molar-refractivity contribution is 5.24. The van der Waals surface area contributed by atoms with E-state index in [1.54, 1.807) is 23.3 Å². The number of hydrogen-bond donors (Lipinski definition) is 1. The predicted molar refractivity (Wildman–Crippen MR) is 65.8 cm³/mol. The summed E-state index contributed by atoms with van der Waals surface area (Å²) < 4.78 is 12.5. The highest BCUT2D eigenvalue weighted by atomic mass is 16.5. The summed E-state index contributed by atoms with van der Waals surface area (Å²) in [4.78, 5) is 16.1. The lowest BCUT2D eigenvalue weighted by atomic mass is 10.1. The number of imidazole rings is 1. The lowest BCUT2D eigenvalue weighted by molar-refractivity contribution is 0.163. The number of nitrogen functional groups attached to an aromatic ring is 1. The van der Waals surface area contributed by atoms with Gasteiger partial charge in [0.05, 0.1) is 13.2 Å². The molecule has 1 unspecified atom stereocenters. The molecule has 0 radical (unpaired) electrons. The second-order valence-electron chi connectivity index (χ2n) is 4.29. The molecule has 1 fully saturated rings. The number of nitrogens with two attached hydrogens (primary N) is 1. The second-order valence-corrected chi connectivity index (χ2v) is 4.29. The predicted octanol–water partition coefficient (Wildman–Crippen LogP) is 0.0548. The van der Waals surface area contributed by atoms with Gasteiger partial charge in [0.15, 0.2) is 0 Å². The molecular formula is C11H14N6O2. The zero-order chi connectivity index (χ0) is 13.1. The molecule has 8 nitrogen and oxygen atoms in total. The number of rotatable bonds is 4. The fourth-order valence-corrected chi connectivity index (χ4v) is 1.83. The summed E-state index contributed by atoms with van der Waals surface area (Å²) in [5, 5.41) is 0. The molecule has 19 heavy (non-hydrogen) atoms. The number of nitrogens with zero attached hydrogens (tertiary/aromatic N) is 5. The average molecular weight is 262 g/mol. The fourth-order valence-electron chi connectivity index (χ4n) is 1.83. The Bertz CT molecular complexity index is 538. The summed E-state index contributed by atoms with van der Waals surface area (Å²) in [5.74, 6) is 0.897. The molecule has 1 aliphatic heterocycles. The molecule has 1 aliphatic rings. The van der Waals surface area contributed by atoms with Crippen molar-refractivity contribution in [1.29, 1.82) is 0 Å². The van der Waals surface area contributed by atoms with E-state index in [0.29, 0.717) is 18.5 Å². The third-order valence-corrected chi connectivity index (χ3v) is 2.83. The van der Waals surface area contributed by atoms with Crippen molar-refractivity contribution in [2.24, 2.45) is 5.92 Å². The van der Waals surface area contributed by atoms with E-state index in [1.807, 2.05) is 0 Å². The number of anilines is 1. The van der Waals surface area contributed by atoms with Crippen molar-refractivity contribution in [2.75, 3.05) is 25.6 Å². The van der Waals surface area contributed by atoms with Gasteiger partial charge in [-0.2, -0.15) is 15.0 Å². The Hall–Kier alpha value is -2.22. The minimum absolute atomic E-state index is 0.122. The van der Waals surface area contributed by atoms with Crippen molar-refractivity contribution in [3.05, 3.63) is 18.7 Å². The van der Waals surface area contributed by atoms with Crippen LogP contribution in [0.3, 0.4) is 0 Å². The normalized spacial score (nSPS) is 18.6. The van der Waals surface area contributed by atoms with E-state index in [9.17, 15) is 0 Å². The van der Waals surface area contributed by atoms with Gasteiger partial charge in [-0.3, -0.25) is 4.57 Å². The van der Waals surface area contributed by atoms with Gasteiger partial charge in [0.1, 0.15) is 6.33 Å². The molecule has 2 N–H and O–H groups in total. The molecule has 2 aromatic rings. The first-order valence-corrected chi connectivity index (χ1v) is 6.01. The van der Waals surface area contributed by atoms with Crippen LogP contribution in [-0.4, -0.2) is 44.3 Å². The largest absolute Gasteiger partial charge is 0.463 e. The Balaban J connectivity index is 1.74. The highest BCUT2D eigenvalue weighted by Gasteiger charge is 2.17. The Morgan fingerprint density at radius 1 is 1.42 bits per heavy atom. The van der Waals surface area contributed by atoms with Gasteiger partial charge in [-0.05, 0) is 6.42 Å². The monoisotopic (exact) mass is 262 g/mol. The SMILES string of the molecule is Nc1nc(OCC2CCOC2)nc(-n2ccnc2)n1. The fraction of sp³-hybridized carbons (Fsp3) is 0.455. The molecule has 0 saturated carbocycles. The molecule has 1 saturated heterocycles. The molecule has 2 aromatic heterocycles. The molecule has 3 rings (SSSR count). The maximum Gasteiger partial charge on any atom is 0.323 e. The maximum absolute atomic E-state index is 5.65. The summed E-state index contributed by atoms with van der Waals surface area (Å²) >= 11 is 0. The van der Waals surface area contributed by atoms with Crippen LogP contribution in [0.1, 0.15) is 6.42 Å². The molecule has 1 atom stereocenters. The zero-order valence-corrected chi connectivity index (χ0v) is 10.3. The Labute approximate surface area is 109 Å². The first kappa shape index (κ1) is 11.8. The van der Waals surface area contributed by atoms with Gasteiger partial charge in [-0.25, -0.2) is 4.98 Å². The average Bonchev–Trinajstić information content (AvgIpc) is 3.09. The van der Waals surface area contributed by atoms with Crippen molar-refractivity contribution in [1.82, 2.24) is 24.5 Å². The first-order valence-electron chi connectivity index (χ1n) is 6.01. The van der Waals surface area contributed by atoms with Gasteiger partial charge in [0, 0.05) is 24.9 Å². The van der Waals surface area contributed by atoms with Crippen LogP contribution in [0.5, 0.6) is 6.01 Å². The van der Waals surface area contributed by atoms with Gasteiger partial charge in [0.25, 0.3) is 0 Å². The van der Waals surface area contributed by atoms with Gasteiger partial charge < -0.3 is 15.2 Å². The topological polar surface area (TPSA) is 101 Å². The summed E-state index contributed by atoms with van der Waals surface area (Å²) in [7, 11) is 0. The van der Waals surface area contributed by atoms with Gasteiger partial charge in [-0.1, -0.05) is 0 Å². The van der Waals surface area contributed by atoms with Crippen molar-refractivity contribution in [3.63, 3.8) is 0 Å². The van der Waals surface area contributed by atoms with Crippen LogP contribution in [0, 0.1) is 5.92 Å². The molecule has 3 heterocycles. The molecular weight excluding hydrogens is 248 g/mol. The first-order chi connectivity index (χ1) is 9.31. The van der Waals surface area contributed by atoms with Crippen molar-refractivity contribution in [2.45, 2.75) is 6.42 Å². The zero-order valence-electron chi connectivity index (χ0n) is 10.3. The van der Waals surface area contributed by atoms with Crippen LogP contribution in [0.25, 0.3) is 5.95 Å². The number of ether oxygens (including phenoxy) is 2. The quantitative estimate of drug-likeness (QED) is 0.831. The Morgan fingerprint density at radius 3 is 3.11 bits per heavy atom. The summed E-state index contributed by atoms with van der Waals surface area (Å²) in [6, 6.07) is 0.225. The lowest BCUT2D eigenvalue weighted by Crippen LogP contribution is -2.15. The summed E-state index contributed by atoms with van der Waals surface area (Å²) in [6.45, 7) is 2.02. The third kappa shape index (κ3) is 2.79. The van der Waals surface area contributed by atoms with Crippen LogP contribution >= 0.6 is 0 Å². The highest BCUT2D eigenvalue weighted by Crippen LogP contribution is 2.15. The van der Waals surface area contributed by atoms with E-state index < -0.39 is 0 Å². The van der Waals surface area contributed by atoms with E-state index in [4.69, 9.17) is 15.2 Å². The van der Waals surface area contributed by atoms with Crippen LogP contribution in [-0.2, 0) is 4.74 Å². The molecule has 0 spiro atoms. The van der Waals surface area contributed by atoms with Gasteiger partial charge in [-0.15, -0.1) is 0 Å². The second kappa shape index (κ2) is 5.19. The molecule has 0 bridgehead atoms. The van der Waals surface area contributed by atoms with E-state index in [-0.39, 0.29) is 12.0 Å². The van der Waals surface area contributed by atoms with Crippen molar-refractivity contribution in [3.8, 4) is 12.0 Å². The third-order valence-electron chi connectivity index (χ3n) is 2.83. The molecule has 8 heteroatoms. The van der Waals surface area contributed by atoms with Crippen LogP contribution < -0.4 is 10.5 Å². The summed E-state index contributed by atoms with van der Waals surface area (Å²) in [5.41, 5.74) is 5.65. The lowest BCUT2D eigenvalue weighted by Gasteiger charge is -2.09. The smallest absolute Gasteiger partial charge is 0.323 e. The molecule has 0 amide bonds. The Morgan fingerprint density at radius 2 is 2.37 bits per heavy atom. The van der Waals surface area contributed by atoms with E-state index in [0.717, 1.165) is 19.6 Å². The van der Waals surface area contributed by atoms with E-state index >= 15 is 0 Å². The van der Waals surface area contributed by atoms with Crippen LogP contribution in [0.4, 0.5) is 5.95 Å².